The summed E-state index contributed by atoms with van der Waals surface area (Å²) in [5, 5.41) is 0. The molecule has 1 heterocycles. The van der Waals surface area contributed by atoms with Crippen molar-refractivity contribution in [1.29, 1.82) is 0 Å². The molecule has 3 nitrogen and oxygen atoms in total. The molecular weight excluding hydrogens is 246 g/mol. The number of hydrogen-bond acceptors (Lipinski definition) is 3. The zero-order chi connectivity index (χ0) is 14.5. The topological polar surface area (TPSA) is 32.5 Å². The molecule has 4 atom stereocenters. The molecule has 0 aromatic carbocycles. The number of hydrogen-bond donors (Lipinski definition) is 1. The molecule has 0 radical (unpaired) electrons. The van der Waals surface area contributed by atoms with Crippen LogP contribution in [0, 0.1) is 11.8 Å². The number of rotatable bonds is 5. The fraction of sp³-hybridized carbons (Fsp3) is 1.00. The van der Waals surface area contributed by atoms with E-state index in [1.54, 1.807) is 0 Å². The molecule has 2 N–H and O–H groups in total. The predicted octanol–water partition coefficient (Wildman–Crippen LogP) is 2.56. The highest BCUT2D eigenvalue weighted by Crippen LogP contribution is 2.35. The number of nitrogens with two attached hydrogens (primary N) is 1. The molecule has 0 aromatic heterocycles. The molecule has 1 saturated heterocycles. The van der Waals surface area contributed by atoms with Gasteiger partial charge in [0.1, 0.15) is 0 Å². The first-order chi connectivity index (χ1) is 9.65. The van der Waals surface area contributed by atoms with E-state index in [-0.39, 0.29) is 0 Å². The fourth-order valence-corrected chi connectivity index (χ4v) is 4.48. The van der Waals surface area contributed by atoms with Crippen molar-refractivity contribution in [3.05, 3.63) is 0 Å². The predicted molar refractivity (Wildman–Crippen MR) is 86.9 cm³/mol. The van der Waals surface area contributed by atoms with E-state index < -0.39 is 0 Å². The smallest absolute Gasteiger partial charge is 0.0223 e. The fourth-order valence-electron chi connectivity index (χ4n) is 4.48. The summed E-state index contributed by atoms with van der Waals surface area (Å²) >= 11 is 0. The van der Waals surface area contributed by atoms with Gasteiger partial charge in [-0.3, -0.25) is 4.90 Å². The summed E-state index contributed by atoms with van der Waals surface area (Å²) in [5.74, 6) is 1.66. The van der Waals surface area contributed by atoms with Gasteiger partial charge in [0.15, 0.2) is 0 Å². The van der Waals surface area contributed by atoms with Crippen molar-refractivity contribution in [2.45, 2.75) is 64.0 Å². The Balaban J connectivity index is 1.97. The third-order valence-corrected chi connectivity index (χ3v) is 5.76. The van der Waals surface area contributed by atoms with Crippen LogP contribution < -0.4 is 5.73 Å². The van der Waals surface area contributed by atoms with Crippen LogP contribution in [0.3, 0.4) is 0 Å². The van der Waals surface area contributed by atoms with Gasteiger partial charge in [-0.25, -0.2) is 0 Å². The molecule has 1 saturated carbocycles. The van der Waals surface area contributed by atoms with Gasteiger partial charge in [0.05, 0.1) is 0 Å². The Kier molecular flexibility index (Phi) is 6.31. The van der Waals surface area contributed by atoms with E-state index in [1.807, 2.05) is 0 Å². The first-order valence-corrected chi connectivity index (χ1v) is 8.76. The zero-order valence-electron chi connectivity index (χ0n) is 13.9. The summed E-state index contributed by atoms with van der Waals surface area (Å²) in [4.78, 5) is 5.20. The molecule has 1 aliphatic carbocycles. The lowest BCUT2D eigenvalue weighted by Crippen LogP contribution is -2.53. The lowest BCUT2D eigenvalue weighted by Gasteiger charge is -2.46. The van der Waals surface area contributed by atoms with E-state index in [1.165, 1.54) is 58.0 Å². The van der Waals surface area contributed by atoms with E-state index >= 15 is 0 Å². The average Bonchev–Trinajstić information content (AvgIpc) is 2.47. The van der Waals surface area contributed by atoms with Crippen LogP contribution in [0.15, 0.2) is 0 Å². The van der Waals surface area contributed by atoms with Crippen molar-refractivity contribution >= 4 is 0 Å². The van der Waals surface area contributed by atoms with E-state index in [2.05, 4.69) is 30.8 Å². The Morgan fingerprint density at radius 2 is 2.05 bits per heavy atom. The Morgan fingerprint density at radius 3 is 2.70 bits per heavy atom. The monoisotopic (exact) mass is 281 g/mol. The van der Waals surface area contributed by atoms with Gasteiger partial charge in [-0.05, 0) is 64.7 Å². The molecule has 0 spiro atoms. The van der Waals surface area contributed by atoms with Crippen molar-refractivity contribution < 1.29 is 0 Å². The van der Waals surface area contributed by atoms with Crippen LogP contribution in [0.5, 0.6) is 0 Å². The summed E-state index contributed by atoms with van der Waals surface area (Å²) in [7, 11) is 4.63. The molecule has 3 heteroatoms. The summed E-state index contributed by atoms with van der Waals surface area (Å²) in [6, 6.07) is 1.47. The zero-order valence-corrected chi connectivity index (χ0v) is 13.9. The molecule has 20 heavy (non-hydrogen) atoms. The van der Waals surface area contributed by atoms with Gasteiger partial charge in [-0.1, -0.05) is 26.2 Å². The van der Waals surface area contributed by atoms with Crippen molar-refractivity contribution in [3.63, 3.8) is 0 Å². The molecule has 4 unspecified atom stereocenters. The minimum atomic E-state index is 0.723. The molecule has 0 aromatic rings. The van der Waals surface area contributed by atoms with Crippen LogP contribution in [0.2, 0.25) is 0 Å². The molecule has 2 aliphatic rings. The van der Waals surface area contributed by atoms with Crippen molar-refractivity contribution in [2.24, 2.45) is 17.6 Å². The highest BCUT2D eigenvalue weighted by atomic mass is 15.2. The maximum absolute atomic E-state index is 6.07. The maximum Gasteiger partial charge on any atom is 0.0223 e. The highest BCUT2D eigenvalue weighted by molar-refractivity contribution is 4.90. The van der Waals surface area contributed by atoms with E-state index in [9.17, 15) is 0 Å². The first-order valence-electron chi connectivity index (χ1n) is 8.76. The van der Waals surface area contributed by atoms with Gasteiger partial charge >= 0.3 is 0 Å². The Labute approximate surface area is 125 Å². The SMILES string of the molecule is CCCC1CCC(CN)C(N(C)C2CCCN(C)C2)C1. The van der Waals surface area contributed by atoms with E-state index in [0.717, 1.165) is 30.5 Å². The van der Waals surface area contributed by atoms with Gasteiger partial charge < -0.3 is 10.6 Å². The first kappa shape index (κ1) is 16.3. The lowest BCUT2D eigenvalue weighted by atomic mass is 9.75. The average molecular weight is 281 g/mol. The molecular formula is C17H35N3. The summed E-state index contributed by atoms with van der Waals surface area (Å²) in [6.45, 7) is 5.71. The largest absolute Gasteiger partial charge is 0.330 e. The minimum absolute atomic E-state index is 0.723. The quantitative estimate of drug-likeness (QED) is 0.840. The second-order valence-corrected chi connectivity index (χ2v) is 7.25. The summed E-state index contributed by atoms with van der Waals surface area (Å²) in [5.41, 5.74) is 6.07. The lowest BCUT2D eigenvalue weighted by molar-refractivity contribution is 0.0376. The van der Waals surface area contributed by atoms with Crippen LogP contribution >= 0.6 is 0 Å². The van der Waals surface area contributed by atoms with Gasteiger partial charge in [-0.15, -0.1) is 0 Å². The van der Waals surface area contributed by atoms with Crippen LogP contribution in [-0.2, 0) is 0 Å². The molecule has 2 fully saturated rings. The second-order valence-electron chi connectivity index (χ2n) is 7.25. The van der Waals surface area contributed by atoms with Crippen molar-refractivity contribution in [3.8, 4) is 0 Å². The molecule has 1 aliphatic heterocycles. The van der Waals surface area contributed by atoms with Gasteiger partial charge in [0.25, 0.3) is 0 Å². The third kappa shape index (κ3) is 3.96. The Bertz CT molecular complexity index is 281. The van der Waals surface area contributed by atoms with Crippen LogP contribution in [0.1, 0.15) is 51.9 Å². The number of likely N-dealkylation sites (tertiary alicyclic amines) is 1. The van der Waals surface area contributed by atoms with Crippen molar-refractivity contribution in [2.75, 3.05) is 33.7 Å². The maximum atomic E-state index is 6.07. The summed E-state index contributed by atoms with van der Waals surface area (Å²) in [6.07, 6.45) is 9.60. The second kappa shape index (κ2) is 7.77. The molecule has 118 valence electrons. The molecule has 0 amide bonds. The standard InChI is InChI=1S/C17H35N3/c1-4-6-14-8-9-15(12-18)17(11-14)20(3)16-7-5-10-19(2)13-16/h14-17H,4-13,18H2,1-3H3. The van der Waals surface area contributed by atoms with Gasteiger partial charge in [-0.2, -0.15) is 0 Å². The molecule has 2 rings (SSSR count). The van der Waals surface area contributed by atoms with Gasteiger partial charge in [0, 0.05) is 18.6 Å². The van der Waals surface area contributed by atoms with Crippen LogP contribution in [0.4, 0.5) is 0 Å². The van der Waals surface area contributed by atoms with E-state index in [4.69, 9.17) is 5.73 Å². The van der Waals surface area contributed by atoms with Gasteiger partial charge in [0.2, 0.25) is 0 Å². The number of likely N-dealkylation sites (N-methyl/N-ethyl adjacent to an activating group) is 2. The van der Waals surface area contributed by atoms with Crippen molar-refractivity contribution in [1.82, 2.24) is 9.80 Å². The Morgan fingerprint density at radius 1 is 1.25 bits per heavy atom. The molecule has 0 bridgehead atoms. The highest BCUT2D eigenvalue weighted by Gasteiger charge is 2.35. The normalized spacial score (nSPS) is 36.5. The van der Waals surface area contributed by atoms with Crippen LogP contribution in [0.25, 0.3) is 0 Å². The third-order valence-electron chi connectivity index (χ3n) is 5.76. The number of piperidine rings is 1. The number of nitrogens with zero attached hydrogens (tertiary/aromatic N) is 2. The Hall–Kier alpha value is -0.120. The minimum Gasteiger partial charge on any atom is -0.330 e. The van der Waals surface area contributed by atoms with E-state index in [0.29, 0.717) is 0 Å². The van der Waals surface area contributed by atoms with Crippen LogP contribution in [-0.4, -0.2) is 55.6 Å². The summed E-state index contributed by atoms with van der Waals surface area (Å²) < 4.78 is 0.